The van der Waals surface area contributed by atoms with E-state index in [4.69, 9.17) is 21.4 Å². The van der Waals surface area contributed by atoms with Crippen LogP contribution in [0.4, 0.5) is 0 Å². The van der Waals surface area contributed by atoms with Gasteiger partial charge < -0.3 is 9.84 Å². The fourth-order valence-corrected chi connectivity index (χ4v) is 1.41. The van der Waals surface area contributed by atoms with Crippen LogP contribution in [0.3, 0.4) is 0 Å². The van der Waals surface area contributed by atoms with E-state index in [1.807, 2.05) is 30.3 Å². The van der Waals surface area contributed by atoms with Gasteiger partial charge in [0.15, 0.2) is 0 Å². The van der Waals surface area contributed by atoms with Gasteiger partial charge in [0, 0.05) is 6.61 Å². The minimum atomic E-state index is -0.968. The summed E-state index contributed by atoms with van der Waals surface area (Å²) >= 11 is 5.56. The second kappa shape index (κ2) is 7.25. The van der Waals surface area contributed by atoms with Crippen molar-refractivity contribution in [1.29, 1.82) is 0 Å². The molecule has 0 saturated carbocycles. The van der Waals surface area contributed by atoms with Gasteiger partial charge in [0.1, 0.15) is 5.38 Å². The van der Waals surface area contributed by atoms with Crippen molar-refractivity contribution in [3.63, 3.8) is 0 Å². The predicted octanol–water partition coefficient (Wildman–Crippen LogP) is 2.68. The molecule has 1 unspecified atom stereocenters. The smallest absolute Gasteiger partial charge is 0.321 e. The third kappa shape index (κ3) is 5.14. The van der Waals surface area contributed by atoms with Crippen molar-refractivity contribution in [2.75, 3.05) is 6.61 Å². The first kappa shape index (κ1) is 13.0. The summed E-state index contributed by atoms with van der Waals surface area (Å²) in [4.78, 5) is 10.4. The first-order chi connectivity index (χ1) is 7.70. The summed E-state index contributed by atoms with van der Waals surface area (Å²) in [7, 11) is 0. The van der Waals surface area contributed by atoms with Gasteiger partial charge in [-0.25, -0.2) is 0 Å². The Morgan fingerprint density at radius 3 is 2.69 bits per heavy atom. The van der Waals surface area contributed by atoms with E-state index in [2.05, 4.69) is 0 Å². The van der Waals surface area contributed by atoms with Crippen LogP contribution in [0.25, 0.3) is 0 Å². The van der Waals surface area contributed by atoms with Crippen molar-refractivity contribution < 1.29 is 14.6 Å². The Bertz CT molecular complexity index is 313. The predicted molar refractivity (Wildman–Crippen MR) is 62.6 cm³/mol. The standard InChI is InChI=1S/C12H15ClO3/c13-11(12(14)15)7-4-8-16-9-10-5-2-1-3-6-10/h1-3,5-6,11H,4,7-9H2,(H,14,15). The maximum atomic E-state index is 10.4. The molecule has 0 spiro atoms. The average Bonchev–Trinajstić information content (AvgIpc) is 2.29. The molecule has 0 bridgehead atoms. The third-order valence-corrected chi connectivity index (χ3v) is 2.53. The van der Waals surface area contributed by atoms with Gasteiger partial charge in [-0.15, -0.1) is 11.6 Å². The highest BCUT2D eigenvalue weighted by molar-refractivity contribution is 6.29. The fraction of sp³-hybridized carbons (Fsp3) is 0.417. The number of ether oxygens (including phenoxy) is 1. The third-order valence-electron chi connectivity index (χ3n) is 2.13. The number of aliphatic carboxylic acids is 1. The lowest BCUT2D eigenvalue weighted by atomic mass is 10.2. The van der Waals surface area contributed by atoms with Crippen molar-refractivity contribution in [3.05, 3.63) is 35.9 Å². The largest absolute Gasteiger partial charge is 0.480 e. The summed E-state index contributed by atoms with van der Waals surface area (Å²) in [5.74, 6) is -0.968. The van der Waals surface area contributed by atoms with Crippen LogP contribution >= 0.6 is 11.6 Å². The molecule has 0 aliphatic heterocycles. The zero-order valence-corrected chi connectivity index (χ0v) is 9.69. The van der Waals surface area contributed by atoms with Gasteiger partial charge in [-0.3, -0.25) is 4.79 Å². The Labute approximate surface area is 100.0 Å². The number of halogens is 1. The summed E-state index contributed by atoms with van der Waals surface area (Å²) in [6.07, 6.45) is 1.10. The number of hydrogen-bond donors (Lipinski definition) is 1. The number of carboxylic acid groups (broad SMARTS) is 1. The summed E-state index contributed by atoms with van der Waals surface area (Å²) in [6.45, 7) is 1.09. The van der Waals surface area contributed by atoms with Crippen LogP contribution in [-0.2, 0) is 16.1 Å². The number of carbonyl (C=O) groups is 1. The molecule has 0 aromatic heterocycles. The number of alkyl halides is 1. The monoisotopic (exact) mass is 242 g/mol. The highest BCUT2D eigenvalue weighted by atomic mass is 35.5. The van der Waals surface area contributed by atoms with E-state index in [1.165, 1.54) is 0 Å². The second-order valence-corrected chi connectivity index (χ2v) is 4.01. The van der Waals surface area contributed by atoms with Gasteiger partial charge in [-0.2, -0.15) is 0 Å². The Balaban J connectivity index is 2.07. The number of carboxylic acids is 1. The minimum absolute atomic E-state index is 0.436. The van der Waals surface area contributed by atoms with Crippen LogP contribution in [-0.4, -0.2) is 23.1 Å². The molecule has 1 N–H and O–H groups in total. The Morgan fingerprint density at radius 1 is 1.38 bits per heavy atom. The van der Waals surface area contributed by atoms with Crippen molar-refractivity contribution >= 4 is 17.6 Å². The minimum Gasteiger partial charge on any atom is -0.480 e. The van der Waals surface area contributed by atoms with E-state index >= 15 is 0 Å². The fourth-order valence-electron chi connectivity index (χ4n) is 1.25. The molecule has 0 aliphatic rings. The molecule has 0 radical (unpaired) electrons. The Morgan fingerprint density at radius 2 is 2.06 bits per heavy atom. The normalized spacial score (nSPS) is 12.3. The molecule has 3 nitrogen and oxygen atoms in total. The van der Waals surface area contributed by atoms with E-state index in [1.54, 1.807) is 0 Å². The van der Waals surface area contributed by atoms with Crippen molar-refractivity contribution in [2.24, 2.45) is 0 Å². The molecule has 1 aromatic carbocycles. The van der Waals surface area contributed by atoms with Gasteiger partial charge in [-0.05, 0) is 18.4 Å². The van der Waals surface area contributed by atoms with Gasteiger partial charge in [-0.1, -0.05) is 30.3 Å². The van der Waals surface area contributed by atoms with Gasteiger partial charge >= 0.3 is 5.97 Å². The summed E-state index contributed by atoms with van der Waals surface area (Å²) in [5, 5.41) is 7.74. The summed E-state index contributed by atoms with van der Waals surface area (Å²) < 4.78 is 5.40. The number of hydrogen-bond acceptors (Lipinski definition) is 2. The second-order valence-electron chi connectivity index (χ2n) is 3.49. The molecule has 1 rings (SSSR count). The van der Waals surface area contributed by atoms with Crippen molar-refractivity contribution in [1.82, 2.24) is 0 Å². The van der Waals surface area contributed by atoms with Crippen LogP contribution in [0.1, 0.15) is 18.4 Å². The molecular formula is C12H15ClO3. The first-order valence-electron chi connectivity index (χ1n) is 5.18. The summed E-state index contributed by atoms with van der Waals surface area (Å²) in [5.41, 5.74) is 1.11. The molecule has 0 fully saturated rings. The molecule has 0 heterocycles. The SMILES string of the molecule is O=C(O)C(Cl)CCCOCc1ccccc1. The van der Waals surface area contributed by atoms with Crippen LogP contribution in [0.15, 0.2) is 30.3 Å². The van der Waals surface area contributed by atoms with Crippen LogP contribution in [0.5, 0.6) is 0 Å². The molecular weight excluding hydrogens is 228 g/mol. The highest BCUT2D eigenvalue weighted by Gasteiger charge is 2.12. The maximum absolute atomic E-state index is 10.4. The van der Waals surface area contributed by atoms with Crippen molar-refractivity contribution in [2.45, 2.75) is 24.8 Å². The molecule has 0 amide bonds. The van der Waals surface area contributed by atoms with Crippen LogP contribution in [0, 0.1) is 0 Å². The molecule has 0 saturated heterocycles. The Kier molecular flexibility index (Phi) is 5.90. The highest BCUT2D eigenvalue weighted by Crippen LogP contribution is 2.07. The lowest BCUT2D eigenvalue weighted by Crippen LogP contribution is -2.13. The molecule has 0 aliphatic carbocycles. The van der Waals surface area contributed by atoms with Gasteiger partial charge in [0.05, 0.1) is 6.61 Å². The Hall–Kier alpha value is -1.06. The van der Waals surface area contributed by atoms with Crippen LogP contribution < -0.4 is 0 Å². The molecule has 88 valence electrons. The van der Waals surface area contributed by atoms with E-state index in [9.17, 15) is 4.79 Å². The van der Waals surface area contributed by atoms with Crippen LogP contribution in [0.2, 0.25) is 0 Å². The van der Waals surface area contributed by atoms with E-state index in [-0.39, 0.29) is 0 Å². The van der Waals surface area contributed by atoms with Gasteiger partial charge in [0.25, 0.3) is 0 Å². The average molecular weight is 243 g/mol. The van der Waals surface area contributed by atoms with Crippen molar-refractivity contribution in [3.8, 4) is 0 Å². The van der Waals surface area contributed by atoms with E-state index in [0.29, 0.717) is 26.1 Å². The number of rotatable bonds is 7. The lowest BCUT2D eigenvalue weighted by Gasteiger charge is -2.05. The van der Waals surface area contributed by atoms with E-state index < -0.39 is 11.3 Å². The first-order valence-corrected chi connectivity index (χ1v) is 5.62. The molecule has 16 heavy (non-hydrogen) atoms. The molecule has 4 heteroatoms. The molecule has 1 atom stereocenters. The quantitative estimate of drug-likeness (QED) is 0.591. The molecule has 1 aromatic rings. The van der Waals surface area contributed by atoms with Gasteiger partial charge in [0.2, 0.25) is 0 Å². The lowest BCUT2D eigenvalue weighted by molar-refractivity contribution is -0.136. The zero-order valence-electron chi connectivity index (χ0n) is 8.93. The summed E-state index contributed by atoms with van der Waals surface area (Å²) in [6, 6.07) is 9.84. The zero-order chi connectivity index (χ0) is 11.8. The number of benzene rings is 1. The topological polar surface area (TPSA) is 46.5 Å². The maximum Gasteiger partial charge on any atom is 0.321 e. The van der Waals surface area contributed by atoms with E-state index in [0.717, 1.165) is 5.56 Å².